The van der Waals surface area contributed by atoms with Gasteiger partial charge in [-0.05, 0) is 30.7 Å². The van der Waals surface area contributed by atoms with Gasteiger partial charge in [-0.1, -0.05) is 6.92 Å². The summed E-state index contributed by atoms with van der Waals surface area (Å²) in [6, 6.07) is 0. The molecule has 3 rings (SSSR count). The van der Waals surface area contributed by atoms with Crippen LogP contribution in [0.4, 0.5) is 5.95 Å². The molecule has 3 heterocycles. The number of sulfonamides is 1. The van der Waals surface area contributed by atoms with E-state index in [1.54, 1.807) is 11.4 Å². The van der Waals surface area contributed by atoms with Crippen molar-refractivity contribution in [1.82, 2.24) is 14.3 Å². The number of aromatic nitrogens is 2. The summed E-state index contributed by atoms with van der Waals surface area (Å²) in [4.78, 5) is 11.0. The van der Waals surface area contributed by atoms with Crippen LogP contribution in [-0.4, -0.2) is 67.8 Å². The summed E-state index contributed by atoms with van der Waals surface area (Å²) in [5.41, 5.74) is 1.11. The number of rotatable bonds is 5. The van der Waals surface area contributed by atoms with E-state index in [0.717, 1.165) is 24.9 Å². The van der Waals surface area contributed by atoms with Gasteiger partial charge in [-0.3, -0.25) is 0 Å². The van der Waals surface area contributed by atoms with Crippen molar-refractivity contribution in [3.63, 3.8) is 0 Å². The Labute approximate surface area is 144 Å². The first-order chi connectivity index (χ1) is 11.6. The van der Waals surface area contributed by atoms with Crippen LogP contribution in [0.15, 0.2) is 12.4 Å². The molecule has 134 valence electrons. The zero-order valence-electron chi connectivity index (χ0n) is 14.4. The molecule has 7 nitrogen and oxygen atoms in total. The van der Waals surface area contributed by atoms with Gasteiger partial charge in [-0.25, -0.2) is 18.4 Å². The third kappa shape index (κ3) is 3.41. The van der Waals surface area contributed by atoms with E-state index in [0.29, 0.717) is 38.6 Å². The number of hydrogen-bond acceptors (Lipinski definition) is 6. The Balaban J connectivity index is 1.69. The minimum Gasteiger partial charge on any atom is -0.383 e. The van der Waals surface area contributed by atoms with Crippen LogP contribution in [0.25, 0.3) is 0 Å². The lowest BCUT2D eigenvalue weighted by Gasteiger charge is -2.22. The number of nitrogens with zero attached hydrogens (tertiary/aromatic N) is 4. The molecule has 0 unspecified atom stereocenters. The summed E-state index contributed by atoms with van der Waals surface area (Å²) >= 11 is 0. The van der Waals surface area contributed by atoms with Crippen molar-refractivity contribution in [3.05, 3.63) is 18.0 Å². The highest BCUT2D eigenvalue weighted by atomic mass is 32.2. The van der Waals surface area contributed by atoms with E-state index in [1.807, 2.05) is 12.4 Å². The van der Waals surface area contributed by atoms with Crippen LogP contribution in [0, 0.1) is 5.92 Å². The first-order valence-electron chi connectivity index (χ1n) is 8.60. The predicted octanol–water partition coefficient (Wildman–Crippen LogP) is 0.916. The summed E-state index contributed by atoms with van der Waals surface area (Å²) in [6.07, 6.45) is 6.12. The molecule has 0 N–H and O–H groups in total. The lowest BCUT2D eigenvalue weighted by Crippen LogP contribution is -2.34. The second-order valence-electron chi connectivity index (χ2n) is 6.50. The predicted molar refractivity (Wildman–Crippen MR) is 92.5 cm³/mol. The number of hydrogen-bond donors (Lipinski definition) is 0. The van der Waals surface area contributed by atoms with Gasteiger partial charge in [0, 0.05) is 45.7 Å². The monoisotopic (exact) mass is 354 g/mol. The van der Waals surface area contributed by atoms with Crippen molar-refractivity contribution in [2.45, 2.75) is 31.4 Å². The molecule has 8 heteroatoms. The summed E-state index contributed by atoms with van der Waals surface area (Å²) in [5.74, 6) is 0.896. The van der Waals surface area contributed by atoms with Gasteiger partial charge in [0.15, 0.2) is 0 Å². The van der Waals surface area contributed by atoms with Gasteiger partial charge in [-0.15, -0.1) is 0 Å². The minimum atomic E-state index is -3.21. The lowest BCUT2D eigenvalue weighted by atomic mass is 10.0. The molecule has 0 radical (unpaired) electrons. The molecule has 2 fully saturated rings. The third-order valence-electron chi connectivity index (χ3n) is 5.09. The van der Waals surface area contributed by atoms with Crippen LogP contribution in [0.1, 0.15) is 25.3 Å². The van der Waals surface area contributed by atoms with Crippen LogP contribution in [0.5, 0.6) is 0 Å². The van der Waals surface area contributed by atoms with Gasteiger partial charge in [-0.2, -0.15) is 4.31 Å². The van der Waals surface area contributed by atoms with Crippen molar-refractivity contribution in [2.24, 2.45) is 5.92 Å². The maximum Gasteiger partial charge on any atom is 0.225 e. The van der Waals surface area contributed by atoms with E-state index in [1.165, 1.54) is 0 Å². The van der Waals surface area contributed by atoms with Crippen molar-refractivity contribution >= 4 is 16.0 Å². The number of aryl methyl sites for hydroxylation is 1. The molecule has 0 aliphatic carbocycles. The van der Waals surface area contributed by atoms with Crippen LogP contribution < -0.4 is 4.90 Å². The second kappa shape index (κ2) is 7.33. The zero-order chi connectivity index (χ0) is 17.2. The van der Waals surface area contributed by atoms with Crippen molar-refractivity contribution in [1.29, 1.82) is 0 Å². The summed E-state index contributed by atoms with van der Waals surface area (Å²) in [6.45, 7) is 5.08. The van der Waals surface area contributed by atoms with Gasteiger partial charge in [0.2, 0.25) is 16.0 Å². The Morgan fingerprint density at radius 1 is 1.25 bits per heavy atom. The van der Waals surface area contributed by atoms with Gasteiger partial charge < -0.3 is 9.64 Å². The quantitative estimate of drug-likeness (QED) is 0.783. The standard InChI is InChI=1S/C16H26N4O3S/c1-3-13-10-17-16(18-11-13)19-6-4-14-12-20(8-9-23-2)24(21,22)15(14)5-7-19/h10-11,14-15H,3-9,12H2,1-2H3/t14-,15-/m1/s1. The van der Waals surface area contributed by atoms with E-state index < -0.39 is 10.0 Å². The fourth-order valence-corrected chi connectivity index (χ4v) is 5.82. The fraction of sp³-hybridized carbons (Fsp3) is 0.750. The molecule has 0 bridgehead atoms. The molecule has 1 aromatic heterocycles. The van der Waals surface area contributed by atoms with E-state index in [4.69, 9.17) is 4.74 Å². The molecule has 2 aliphatic rings. The molecular formula is C16H26N4O3S. The Bertz CT molecular complexity index is 650. The fourth-order valence-electron chi connectivity index (χ4n) is 3.60. The molecule has 0 aromatic carbocycles. The van der Waals surface area contributed by atoms with E-state index in [9.17, 15) is 8.42 Å². The maximum absolute atomic E-state index is 12.7. The normalized spacial score (nSPS) is 27.0. The SMILES string of the molecule is CCc1cnc(N2CC[C@@H]3CN(CCOC)S(=O)(=O)[C@@H]3CC2)nc1. The molecule has 0 amide bonds. The number of fused-ring (bicyclic) bond motifs is 1. The average molecular weight is 354 g/mol. The van der Waals surface area contributed by atoms with Crippen LogP contribution >= 0.6 is 0 Å². The minimum absolute atomic E-state index is 0.187. The molecule has 2 atom stereocenters. The Kier molecular flexibility index (Phi) is 5.36. The first kappa shape index (κ1) is 17.6. The Morgan fingerprint density at radius 2 is 1.96 bits per heavy atom. The number of methoxy groups -OCH3 is 1. The highest BCUT2D eigenvalue weighted by Gasteiger charge is 2.46. The largest absolute Gasteiger partial charge is 0.383 e. The summed E-state index contributed by atoms with van der Waals surface area (Å²) in [7, 11) is -1.61. The van der Waals surface area contributed by atoms with E-state index in [-0.39, 0.29) is 11.2 Å². The topological polar surface area (TPSA) is 75.6 Å². The Hall–Kier alpha value is -1.25. The molecule has 2 saturated heterocycles. The van der Waals surface area contributed by atoms with Gasteiger partial charge >= 0.3 is 0 Å². The second-order valence-corrected chi connectivity index (χ2v) is 8.66. The van der Waals surface area contributed by atoms with Crippen LogP contribution in [0.3, 0.4) is 0 Å². The first-order valence-corrected chi connectivity index (χ1v) is 10.1. The zero-order valence-corrected chi connectivity index (χ0v) is 15.2. The van der Waals surface area contributed by atoms with Crippen LogP contribution in [0.2, 0.25) is 0 Å². The van der Waals surface area contributed by atoms with Gasteiger partial charge in [0.1, 0.15) is 0 Å². The molecule has 0 spiro atoms. The molecule has 0 saturated carbocycles. The lowest BCUT2D eigenvalue weighted by molar-refractivity contribution is 0.178. The third-order valence-corrected chi connectivity index (χ3v) is 7.52. The molecular weight excluding hydrogens is 328 g/mol. The summed E-state index contributed by atoms with van der Waals surface area (Å²) in [5, 5.41) is -0.283. The molecule has 1 aromatic rings. The van der Waals surface area contributed by atoms with Crippen molar-refractivity contribution in [3.8, 4) is 0 Å². The average Bonchev–Trinajstić information content (AvgIpc) is 2.74. The maximum atomic E-state index is 12.7. The molecule has 2 aliphatic heterocycles. The van der Waals surface area contributed by atoms with E-state index in [2.05, 4.69) is 21.8 Å². The van der Waals surface area contributed by atoms with E-state index >= 15 is 0 Å². The highest BCUT2D eigenvalue weighted by molar-refractivity contribution is 7.90. The van der Waals surface area contributed by atoms with Crippen molar-refractivity contribution in [2.75, 3.05) is 44.8 Å². The summed E-state index contributed by atoms with van der Waals surface area (Å²) < 4.78 is 32.1. The Morgan fingerprint density at radius 3 is 2.62 bits per heavy atom. The van der Waals surface area contributed by atoms with Gasteiger partial charge in [0.05, 0.1) is 11.9 Å². The van der Waals surface area contributed by atoms with Gasteiger partial charge in [0.25, 0.3) is 0 Å². The van der Waals surface area contributed by atoms with Crippen LogP contribution in [-0.2, 0) is 21.2 Å². The smallest absolute Gasteiger partial charge is 0.225 e. The number of ether oxygens (including phenoxy) is 1. The highest BCUT2D eigenvalue weighted by Crippen LogP contribution is 2.34. The number of anilines is 1. The van der Waals surface area contributed by atoms with Crippen molar-refractivity contribution < 1.29 is 13.2 Å². The molecule has 24 heavy (non-hydrogen) atoms.